The van der Waals surface area contributed by atoms with E-state index >= 15 is 0 Å². The Morgan fingerprint density at radius 2 is 0.433 bits per heavy atom. The molecule has 2 heteroatoms. The molecule has 0 bridgehead atoms. The van der Waals surface area contributed by atoms with Gasteiger partial charge in [-0.2, -0.15) is 0 Å². The van der Waals surface area contributed by atoms with E-state index in [9.17, 15) is 10.2 Å². The summed E-state index contributed by atoms with van der Waals surface area (Å²) in [5.74, 6) is 0. The average Bonchev–Trinajstić information content (AvgIpc) is 2.64. The number of rotatable bonds is 23. The summed E-state index contributed by atoms with van der Waals surface area (Å²) in [5.41, 5.74) is -0.946. The minimum Gasteiger partial charge on any atom is -0.390 e. The molecule has 0 atom stereocenters. The van der Waals surface area contributed by atoms with E-state index in [0.29, 0.717) is 0 Å². The third-order valence-corrected chi connectivity index (χ3v) is 6.33. The molecule has 0 aromatic heterocycles. The van der Waals surface area contributed by atoms with E-state index in [1.54, 1.807) is 0 Å². The van der Waals surface area contributed by atoms with E-state index in [4.69, 9.17) is 0 Å². The Morgan fingerprint density at radius 3 is 0.567 bits per heavy atom. The normalized spacial score (nSPS) is 12.6. The molecule has 2 nitrogen and oxygen atoms in total. The van der Waals surface area contributed by atoms with Gasteiger partial charge >= 0.3 is 0 Å². The Labute approximate surface area is 190 Å². The van der Waals surface area contributed by atoms with E-state index < -0.39 is 11.2 Å². The van der Waals surface area contributed by atoms with Gasteiger partial charge in [0.1, 0.15) is 0 Å². The molecule has 0 saturated carbocycles. The predicted octanol–water partition coefficient (Wildman–Crippen LogP) is 9.11. The highest BCUT2D eigenvalue weighted by Gasteiger charge is 2.11. The van der Waals surface area contributed by atoms with Gasteiger partial charge in [0.15, 0.2) is 0 Å². The molecule has 0 unspecified atom stereocenters. The standard InChI is InChI=1S/C28H58O2/c1-27(2,29)25-23-21-19-17-15-13-11-9-7-5-6-8-10-12-14-16-18-20-22-24-26-28(3,4)30/h29-30H,5-26H2,1-4H3. The molecular formula is C28H58O2. The first kappa shape index (κ1) is 29.9. The summed E-state index contributed by atoms with van der Waals surface area (Å²) in [4.78, 5) is 0. The lowest BCUT2D eigenvalue weighted by atomic mass is 9.99. The summed E-state index contributed by atoms with van der Waals surface area (Å²) in [6.45, 7) is 7.66. The largest absolute Gasteiger partial charge is 0.390 e. The van der Waals surface area contributed by atoms with Crippen molar-refractivity contribution < 1.29 is 10.2 Å². The van der Waals surface area contributed by atoms with Crippen LogP contribution in [0.5, 0.6) is 0 Å². The van der Waals surface area contributed by atoms with E-state index in [1.807, 2.05) is 27.7 Å². The second kappa shape index (κ2) is 19.6. The highest BCUT2D eigenvalue weighted by molar-refractivity contribution is 4.65. The molecule has 0 spiro atoms. The van der Waals surface area contributed by atoms with Gasteiger partial charge in [-0.15, -0.1) is 0 Å². The van der Waals surface area contributed by atoms with Gasteiger partial charge in [-0.3, -0.25) is 0 Å². The van der Waals surface area contributed by atoms with Gasteiger partial charge in [-0.25, -0.2) is 0 Å². The summed E-state index contributed by atoms with van der Waals surface area (Å²) in [7, 11) is 0. The van der Waals surface area contributed by atoms with Gasteiger partial charge in [-0.1, -0.05) is 128 Å². The van der Waals surface area contributed by atoms with Gasteiger partial charge in [0, 0.05) is 0 Å². The Morgan fingerprint density at radius 1 is 0.300 bits per heavy atom. The first-order chi connectivity index (χ1) is 14.2. The van der Waals surface area contributed by atoms with Crippen molar-refractivity contribution in [2.45, 2.75) is 180 Å². The van der Waals surface area contributed by atoms with Crippen LogP contribution in [0.15, 0.2) is 0 Å². The van der Waals surface area contributed by atoms with E-state index in [1.165, 1.54) is 128 Å². The fraction of sp³-hybridized carbons (Fsp3) is 1.00. The molecule has 182 valence electrons. The van der Waals surface area contributed by atoms with Crippen LogP contribution >= 0.6 is 0 Å². The SMILES string of the molecule is CC(C)(O)CCCCCCCCCCCCCCCCCCCCCCC(C)(C)O. The third-order valence-electron chi connectivity index (χ3n) is 6.33. The zero-order valence-corrected chi connectivity index (χ0v) is 21.5. The molecule has 0 fully saturated rings. The molecule has 0 aliphatic carbocycles. The Bertz CT molecular complexity index is 304. The fourth-order valence-electron chi connectivity index (χ4n) is 4.30. The van der Waals surface area contributed by atoms with Crippen molar-refractivity contribution >= 4 is 0 Å². The highest BCUT2D eigenvalue weighted by Crippen LogP contribution is 2.18. The van der Waals surface area contributed by atoms with Crippen LogP contribution in [0.1, 0.15) is 169 Å². The number of aliphatic hydroxyl groups is 2. The lowest BCUT2D eigenvalue weighted by Crippen LogP contribution is -2.17. The Kier molecular flexibility index (Phi) is 19.5. The van der Waals surface area contributed by atoms with Crippen molar-refractivity contribution in [3.8, 4) is 0 Å². The van der Waals surface area contributed by atoms with Gasteiger partial charge in [-0.05, 0) is 40.5 Å². The van der Waals surface area contributed by atoms with Gasteiger partial charge < -0.3 is 10.2 Å². The topological polar surface area (TPSA) is 40.5 Å². The first-order valence-electron chi connectivity index (χ1n) is 13.7. The molecule has 0 rings (SSSR count). The fourth-order valence-corrected chi connectivity index (χ4v) is 4.30. The molecular weight excluding hydrogens is 368 g/mol. The lowest BCUT2D eigenvalue weighted by molar-refractivity contribution is 0.0674. The van der Waals surface area contributed by atoms with Crippen LogP contribution in [0.25, 0.3) is 0 Å². The van der Waals surface area contributed by atoms with E-state index in [-0.39, 0.29) is 0 Å². The summed E-state index contributed by atoms with van der Waals surface area (Å²) in [6, 6.07) is 0. The summed E-state index contributed by atoms with van der Waals surface area (Å²) < 4.78 is 0. The van der Waals surface area contributed by atoms with Crippen LogP contribution in [-0.4, -0.2) is 21.4 Å². The van der Waals surface area contributed by atoms with E-state index in [2.05, 4.69) is 0 Å². The van der Waals surface area contributed by atoms with E-state index in [0.717, 1.165) is 12.8 Å². The number of unbranched alkanes of at least 4 members (excludes halogenated alkanes) is 19. The Hall–Kier alpha value is -0.0800. The lowest BCUT2D eigenvalue weighted by Gasteiger charge is -2.16. The van der Waals surface area contributed by atoms with Crippen LogP contribution in [0.3, 0.4) is 0 Å². The Balaban J connectivity index is 3.07. The van der Waals surface area contributed by atoms with Crippen molar-refractivity contribution in [3.05, 3.63) is 0 Å². The minimum atomic E-state index is -0.473. The smallest absolute Gasteiger partial charge is 0.0591 e. The maximum atomic E-state index is 9.69. The van der Waals surface area contributed by atoms with Crippen molar-refractivity contribution in [2.24, 2.45) is 0 Å². The van der Waals surface area contributed by atoms with Crippen molar-refractivity contribution in [3.63, 3.8) is 0 Å². The zero-order valence-electron chi connectivity index (χ0n) is 21.5. The highest BCUT2D eigenvalue weighted by atomic mass is 16.3. The minimum absolute atomic E-state index is 0.473. The predicted molar refractivity (Wildman–Crippen MR) is 134 cm³/mol. The summed E-state index contributed by atoms with van der Waals surface area (Å²) >= 11 is 0. The van der Waals surface area contributed by atoms with Crippen molar-refractivity contribution in [1.82, 2.24) is 0 Å². The third kappa shape index (κ3) is 27.9. The number of hydrogen-bond acceptors (Lipinski definition) is 2. The maximum absolute atomic E-state index is 9.69. The molecule has 0 aliphatic heterocycles. The molecule has 30 heavy (non-hydrogen) atoms. The van der Waals surface area contributed by atoms with Crippen LogP contribution in [0.4, 0.5) is 0 Å². The molecule has 0 heterocycles. The van der Waals surface area contributed by atoms with Gasteiger partial charge in [0.25, 0.3) is 0 Å². The average molecular weight is 427 g/mol. The quantitative estimate of drug-likeness (QED) is 0.160. The molecule has 0 aromatic rings. The summed E-state index contributed by atoms with van der Waals surface area (Å²) in [5, 5.41) is 19.4. The maximum Gasteiger partial charge on any atom is 0.0591 e. The van der Waals surface area contributed by atoms with Gasteiger partial charge in [0.2, 0.25) is 0 Å². The van der Waals surface area contributed by atoms with Crippen LogP contribution in [0.2, 0.25) is 0 Å². The molecule has 0 radical (unpaired) electrons. The van der Waals surface area contributed by atoms with Crippen LogP contribution in [-0.2, 0) is 0 Å². The van der Waals surface area contributed by atoms with Crippen LogP contribution in [0, 0.1) is 0 Å². The first-order valence-corrected chi connectivity index (χ1v) is 13.7. The van der Waals surface area contributed by atoms with Crippen molar-refractivity contribution in [2.75, 3.05) is 0 Å². The molecule has 0 aliphatic rings. The van der Waals surface area contributed by atoms with Crippen molar-refractivity contribution in [1.29, 1.82) is 0 Å². The number of hydrogen-bond donors (Lipinski definition) is 2. The van der Waals surface area contributed by atoms with Gasteiger partial charge in [0.05, 0.1) is 11.2 Å². The molecule has 0 aromatic carbocycles. The second-order valence-corrected chi connectivity index (χ2v) is 11.2. The monoisotopic (exact) mass is 426 g/mol. The zero-order chi connectivity index (χ0) is 22.6. The van der Waals surface area contributed by atoms with Crippen LogP contribution < -0.4 is 0 Å². The molecule has 0 amide bonds. The molecule has 2 N–H and O–H groups in total. The summed E-state index contributed by atoms with van der Waals surface area (Å²) in [6.07, 6.45) is 29.4. The molecule has 0 saturated heterocycles. The second-order valence-electron chi connectivity index (χ2n) is 11.2.